The van der Waals surface area contributed by atoms with E-state index in [4.69, 9.17) is 0 Å². The highest BCUT2D eigenvalue weighted by Crippen LogP contribution is 2.38. The van der Waals surface area contributed by atoms with Crippen molar-refractivity contribution in [3.63, 3.8) is 0 Å². The Labute approximate surface area is 220 Å². The lowest BCUT2D eigenvalue weighted by Gasteiger charge is -2.53. The van der Waals surface area contributed by atoms with Crippen LogP contribution in [-0.4, -0.2) is 88.0 Å². The maximum Gasteiger partial charge on any atom is 0.257 e. The maximum atomic E-state index is 14.2. The predicted molar refractivity (Wildman–Crippen MR) is 143 cm³/mol. The van der Waals surface area contributed by atoms with E-state index in [1.807, 2.05) is 24.8 Å². The van der Waals surface area contributed by atoms with Crippen LogP contribution < -0.4 is 5.32 Å². The zero-order valence-electron chi connectivity index (χ0n) is 22.7. The van der Waals surface area contributed by atoms with Gasteiger partial charge in [-0.3, -0.25) is 14.6 Å². The summed E-state index contributed by atoms with van der Waals surface area (Å²) < 4.78 is 14.2. The molecule has 0 bridgehead atoms. The summed E-state index contributed by atoms with van der Waals surface area (Å²) in [6.07, 6.45) is 4.56. The summed E-state index contributed by atoms with van der Waals surface area (Å²) in [5.41, 5.74) is 3.32. The third-order valence-electron chi connectivity index (χ3n) is 9.10. The minimum absolute atomic E-state index is 0.0546. The highest BCUT2D eigenvalue weighted by molar-refractivity contribution is 5.96. The van der Waals surface area contributed by atoms with E-state index < -0.39 is 0 Å². The molecule has 2 aromatic rings. The monoisotopic (exact) mass is 508 g/mol. The normalized spacial score (nSPS) is 25.8. The van der Waals surface area contributed by atoms with Gasteiger partial charge in [0.25, 0.3) is 5.91 Å². The third-order valence-corrected chi connectivity index (χ3v) is 9.10. The van der Waals surface area contributed by atoms with Crippen molar-refractivity contribution in [3.8, 4) is 0 Å². The smallest absolute Gasteiger partial charge is 0.257 e. The molecule has 1 aromatic carbocycles. The number of piperidine rings is 1. The number of nitrogens with one attached hydrogen (secondary N) is 1. The number of hydrogen-bond acceptors (Lipinski definition) is 6. The fraction of sp³-hybridized carbons (Fsp3) is 0.621. The molecule has 3 saturated heterocycles. The highest BCUT2D eigenvalue weighted by atomic mass is 19.1. The van der Waals surface area contributed by atoms with Crippen molar-refractivity contribution in [3.05, 3.63) is 58.9 Å². The Morgan fingerprint density at radius 1 is 1.14 bits per heavy atom. The quantitative estimate of drug-likeness (QED) is 0.666. The number of rotatable bonds is 5. The molecule has 3 unspecified atom stereocenters. The van der Waals surface area contributed by atoms with Crippen molar-refractivity contribution in [1.82, 2.24) is 30.0 Å². The van der Waals surface area contributed by atoms with E-state index in [-0.39, 0.29) is 23.3 Å². The van der Waals surface area contributed by atoms with Crippen LogP contribution in [0.25, 0.3) is 0 Å². The molecule has 3 aliphatic heterocycles. The Bertz CT molecular complexity index is 1090. The molecule has 37 heavy (non-hydrogen) atoms. The van der Waals surface area contributed by atoms with Crippen molar-refractivity contribution < 1.29 is 9.18 Å². The van der Waals surface area contributed by atoms with Crippen LogP contribution in [0.2, 0.25) is 0 Å². The first kappa shape index (κ1) is 26.2. The molecule has 1 amide bonds. The van der Waals surface area contributed by atoms with E-state index in [9.17, 15) is 9.18 Å². The highest BCUT2D eigenvalue weighted by Gasteiger charge is 2.43. The summed E-state index contributed by atoms with van der Waals surface area (Å²) >= 11 is 0. The van der Waals surface area contributed by atoms with Gasteiger partial charge < -0.3 is 10.2 Å². The number of nitrogens with zero attached hydrogens (tertiary/aromatic N) is 5. The van der Waals surface area contributed by atoms with Crippen molar-refractivity contribution in [1.29, 1.82) is 0 Å². The van der Waals surface area contributed by atoms with Gasteiger partial charge in [0.05, 0.1) is 17.0 Å². The average molecular weight is 509 g/mol. The third kappa shape index (κ3) is 5.29. The molecule has 0 saturated carbocycles. The molecule has 5 rings (SSSR count). The number of carbonyl (C=O) groups excluding carboxylic acids is 1. The van der Waals surface area contributed by atoms with Gasteiger partial charge in [-0.15, -0.1) is 0 Å². The lowest BCUT2D eigenvalue weighted by atomic mass is 9.85. The molecule has 7 nitrogen and oxygen atoms in total. The number of carbonyl (C=O) groups is 1. The Morgan fingerprint density at radius 2 is 1.86 bits per heavy atom. The van der Waals surface area contributed by atoms with Gasteiger partial charge in [0.15, 0.2) is 0 Å². The van der Waals surface area contributed by atoms with Crippen LogP contribution in [0.4, 0.5) is 4.39 Å². The van der Waals surface area contributed by atoms with E-state index in [2.05, 4.69) is 45.0 Å². The second kappa shape index (κ2) is 10.8. The molecule has 4 heterocycles. The Morgan fingerprint density at radius 3 is 2.49 bits per heavy atom. The molecular formula is C29H41FN6O. The molecule has 3 atom stereocenters. The van der Waals surface area contributed by atoms with Crippen LogP contribution in [0.1, 0.15) is 66.5 Å². The maximum absolute atomic E-state index is 14.2. The molecule has 3 fully saturated rings. The standard InChI is InChI=1S/C29H41FN6O/c1-20-18-35(14-15-36(20)27(24-8-11-31-17-24)23-6-5-7-25(30)16-23)29(4)9-12-34(13-10-29)28(37)26-21(2)32-19-33-22(26)3/h5-7,16,19-20,24,27,31H,8-15,17-18H2,1-4H3. The van der Waals surface area contributed by atoms with Crippen LogP contribution >= 0.6 is 0 Å². The van der Waals surface area contributed by atoms with Gasteiger partial charge in [-0.2, -0.15) is 0 Å². The predicted octanol–water partition coefficient (Wildman–Crippen LogP) is 3.58. The average Bonchev–Trinajstić information content (AvgIpc) is 3.40. The largest absolute Gasteiger partial charge is 0.338 e. The zero-order chi connectivity index (χ0) is 26.2. The number of aromatic nitrogens is 2. The van der Waals surface area contributed by atoms with Gasteiger partial charge in [0.1, 0.15) is 12.1 Å². The van der Waals surface area contributed by atoms with Crippen LogP contribution in [0.15, 0.2) is 30.6 Å². The summed E-state index contributed by atoms with van der Waals surface area (Å²) in [4.78, 5) is 29.0. The summed E-state index contributed by atoms with van der Waals surface area (Å²) in [6, 6.07) is 7.82. The molecule has 1 aromatic heterocycles. The number of halogens is 1. The number of amides is 1. The van der Waals surface area contributed by atoms with Crippen LogP contribution in [0.5, 0.6) is 0 Å². The summed E-state index contributed by atoms with van der Waals surface area (Å²) in [5, 5.41) is 3.52. The molecule has 3 aliphatic rings. The lowest BCUT2D eigenvalue weighted by Crippen LogP contribution is -2.62. The van der Waals surface area contributed by atoms with Crippen LogP contribution in [0.3, 0.4) is 0 Å². The number of benzene rings is 1. The fourth-order valence-corrected chi connectivity index (χ4v) is 6.82. The van der Waals surface area contributed by atoms with Crippen LogP contribution in [-0.2, 0) is 0 Å². The number of likely N-dealkylation sites (tertiary alicyclic amines) is 1. The number of piperazine rings is 1. The zero-order valence-corrected chi connectivity index (χ0v) is 22.7. The first-order chi connectivity index (χ1) is 17.8. The number of hydrogen-bond donors (Lipinski definition) is 1. The summed E-state index contributed by atoms with van der Waals surface area (Å²) in [7, 11) is 0. The van der Waals surface area contributed by atoms with Gasteiger partial charge in [-0.25, -0.2) is 14.4 Å². The molecule has 0 aliphatic carbocycles. The van der Waals surface area contributed by atoms with E-state index in [1.54, 1.807) is 12.1 Å². The van der Waals surface area contributed by atoms with Crippen molar-refractivity contribution in [2.75, 3.05) is 45.8 Å². The van der Waals surface area contributed by atoms with Crippen LogP contribution in [0, 0.1) is 25.6 Å². The fourth-order valence-electron chi connectivity index (χ4n) is 6.82. The van der Waals surface area contributed by atoms with Crippen molar-refractivity contribution in [2.24, 2.45) is 5.92 Å². The van der Waals surface area contributed by atoms with Gasteiger partial charge in [-0.05, 0) is 83.7 Å². The first-order valence-electron chi connectivity index (χ1n) is 13.8. The lowest BCUT2D eigenvalue weighted by molar-refractivity contribution is -0.0375. The van der Waals surface area contributed by atoms with Gasteiger partial charge in [0, 0.05) is 50.3 Å². The minimum atomic E-state index is -0.152. The molecule has 0 radical (unpaired) electrons. The van der Waals surface area contributed by atoms with E-state index in [0.29, 0.717) is 17.5 Å². The molecule has 0 spiro atoms. The first-order valence-corrected chi connectivity index (χ1v) is 13.8. The Balaban J connectivity index is 1.25. The Hall–Kier alpha value is -2.42. The Kier molecular flexibility index (Phi) is 7.61. The van der Waals surface area contributed by atoms with E-state index in [0.717, 1.165) is 82.0 Å². The topological polar surface area (TPSA) is 64.6 Å². The van der Waals surface area contributed by atoms with Gasteiger partial charge >= 0.3 is 0 Å². The van der Waals surface area contributed by atoms with Crippen molar-refractivity contribution >= 4 is 5.91 Å². The minimum Gasteiger partial charge on any atom is -0.338 e. The summed E-state index contributed by atoms with van der Waals surface area (Å²) in [6.45, 7) is 14.9. The van der Waals surface area contributed by atoms with Crippen molar-refractivity contribution in [2.45, 2.75) is 64.6 Å². The second-order valence-electron chi connectivity index (χ2n) is 11.5. The van der Waals surface area contributed by atoms with Gasteiger partial charge in [-0.1, -0.05) is 12.1 Å². The van der Waals surface area contributed by atoms with E-state index in [1.165, 1.54) is 6.33 Å². The second-order valence-corrected chi connectivity index (χ2v) is 11.5. The van der Waals surface area contributed by atoms with E-state index >= 15 is 0 Å². The molecule has 1 N–H and O–H groups in total. The molecule has 8 heteroatoms. The molecular weight excluding hydrogens is 467 g/mol. The van der Waals surface area contributed by atoms with Gasteiger partial charge in [0.2, 0.25) is 0 Å². The SMILES string of the molecule is Cc1ncnc(C)c1C(=O)N1CCC(C)(N2CCN(C(c3cccc(F)c3)C3CCNC3)C(C)C2)CC1. The summed E-state index contributed by atoms with van der Waals surface area (Å²) in [5.74, 6) is 0.398. The molecule has 200 valence electrons. The number of aryl methyl sites for hydroxylation is 2.